The molecule has 1 unspecified atom stereocenters. The summed E-state index contributed by atoms with van der Waals surface area (Å²) in [6, 6.07) is 1.57. The van der Waals surface area contributed by atoms with Crippen molar-refractivity contribution in [3.63, 3.8) is 0 Å². The first kappa shape index (κ1) is 15.2. The van der Waals surface area contributed by atoms with Crippen LogP contribution in [0, 0.1) is 5.92 Å². The molecule has 0 aromatic carbocycles. The average molecular weight is 319 g/mol. The Kier molecular flexibility index (Phi) is 4.60. The molecule has 1 aliphatic heterocycles. The van der Waals surface area contributed by atoms with E-state index in [2.05, 4.69) is 0 Å². The molecule has 0 radical (unpaired) electrons. The smallest absolute Gasteiger partial charge is 0.303 e. The van der Waals surface area contributed by atoms with Gasteiger partial charge >= 0.3 is 5.97 Å². The lowest BCUT2D eigenvalue weighted by atomic mass is 10.0. The molecule has 1 aromatic heterocycles. The minimum atomic E-state index is -0.796. The highest BCUT2D eigenvalue weighted by Gasteiger charge is 2.29. The number of hydrogen-bond donors (Lipinski definition) is 1. The van der Waals surface area contributed by atoms with Crippen molar-refractivity contribution in [2.45, 2.75) is 19.3 Å². The van der Waals surface area contributed by atoms with Gasteiger partial charge in [0, 0.05) is 26.6 Å². The Morgan fingerprint density at radius 1 is 1.45 bits per heavy atom. The maximum atomic E-state index is 12.4. The van der Waals surface area contributed by atoms with Crippen LogP contribution in [0.5, 0.6) is 0 Å². The zero-order valence-corrected chi connectivity index (χ0v) is 12.6. The molecule has 2 heterocycles. The van der Waals surface area contributed by atoms with Gasteiger partial charge in [-0.3, -0.25) is 9.59 Å². The van der Waals surface area contributed by atoms with E-state index in [0.717, 1.165) is 6.42 Å². The average Bonchev–Trinajstić information content (AvgIpc) is 2.97. The molecule has 1 aliphatic rings. The first-order valence-corrected chi connectivity index (χ1v) is 7.17. The standard InChI is InChI=1S/C13H16Cl2N2O3/c1-16-10(6-9(14)12(16)15)13(20)17-5-4-8(7-17)2-3-11(18)19/h6,8H,2-5,7H2,1H3,(H,18,19). The number of amides is 1. The van der Waals surface area contributed by atoms with Crippen LogP contribution >= 0.6 is 23.2 Å². The molecular weight excluding hydrogens is 303 g/mol. The lowest BCUT2D eigenvalue weighted by molar-refractivity contribution is -0.137. The highest BCUT2D eigenvalue weighted by atomic mass is 35.5. The number of aliphatic carboxylic acids is 1. The van der Waals surface area contributed by atoms with Crippen LogP contribution in [0.2, 0.25) is 10.2 Å². The number of carbonyl (C=O) groups excluding carboxylic acids is 1. The van der Waals surface area contributed by atoms with Gasteiger partial charge in [0.25, 0.3) is 5.91 Å². The van der Waals surface area contributed by atoms with Crippen LogP contribution in [0.3, 0.4) is 0 Å². The molecule has 1 fully saturated rings. The number of hydrogen-bond acceptors (Lipinski definition) is 2. The van der Waals surface area contributed by atoms with Crippen molar-refractivity contribution in [2.75, 3.05) is 13.1 Å². The van der Waals surface area contributed by atoms with E-state index in [1.54, 1.807) is 22.6 Å². The molecule has 1 atom stereocenters. The number of carboxylic acids is 1. The van der Waals surface area contributed by atoms with E-state index in [-0.39, 0.29) is 18.2 Å². The summed E-state index contributed by atoms with van der Waals surface area (Å²) in [4.78, 5) is 24.7. The molecule has 0 saturated carbocycles. The largest absolute Gasteiger partial charge is 0.481 e. The minimum Gasteiger partial charge on any atom is -0.481 e. The second-order valence-corrected chi connectivity index (χ2v) is 5.83. The zero-order valence-electron chi connectivity index (χ0n) is 11.1. The number of halogens is 2. The molecular formula is C13H16Cl2N2O3. The van der Waals surface area contributed by atoms with Gasteiger partial charge in [-0.1, -0.05) is 23.2 Å². The molecule has 20 heavy (non-hydrogen) atoms. The van der Waals surface area contributed by atoms with Gasteiger partial charge in [0.2, 0.25) is 0 Å². The summed E-state index contributed by atoms with van der Waals surface area (Å²) in [5.41, 5.74) is 0.457. The lowest BCUT2D eigenvalue weighted by Crippen LogP contribution is -2.30. The van der Waals surface area contributed by atoms with Crippen molar-refractivity contribution in [2.24, 2.45) is 13.0 Å². The first-order valence-electron chi connectivity index (χ1n) is 6.42. The molecule has 1 N–H and O–H groups in total. The molecule has 5 nitrogen and oxygen atoms in total. The first-order chi connectivity index (χ1) is 9.40. The SMILES string of the molecule is Cn1c(C(=O)N2CCC(CCC(=O)O)C2)cc(Cl)c1Cl. The van der Waals surface area contributed by atoms with E-state index in [0.29, 0.717) is 35.4 Å². The lowest BCUT2D eigenvalue weighted by Gasteiger charge is -2.16. The zero-order chi connectivity index (χ0) is 14.9. The van der Waals surface area contributed by atoms with Crippen LogP contribution in [0.25, 0.3) is 0 Å². The fraction of sp³-hybridized carbons (Fsp3) is 0.538. The van der Waals surface area contributed by atoms with Crippen LogP contribution in [0.1, 0.15) is 29.8 Å². The molecule has 0 aliphatic carbocycles. The van der Waals surface area contributed by atoms with E-state index in [1.807, 2.05) is 0 Å². The number of carboxylic acid groups (broad SMARTS) is 1. The fourth-order valence-corrected chi connectivity index (χ4v) is 2.87. The summed E-state index contributed by atoms with van der Waals surface area (Å²) < 4.78 is 1.57. The van der Waals surface area contributed by atoms with E-state index in [9.17, 15) is 9.59 Å². The molecule has 0 bridgehead atoms. The molecule has 2 rings (SSSR count). The maximum Gasteiger partial charge on any atom is 0.303 e. The van der Waals surface area contributed by atoms with Crippen molar-refractivity contribution < 1.29 is 14.7 Å². The van der Waals surface area contributed by atoms with Crippen LogP contribution in [0.15, 0.2) is 6.07 Å². The summed E-state index contributed by atoms with van der Waals surface area (Å²) in [7, 11) is 1.69. The number of nitrogens with zero attached hydrogens (tertiary/aromatic N) is 2. The van der Waals surface area contributed by atoms with Gasteiger partial charge in [0.05, 0.1) is 5.02 Å². The van der Waals surface area contributed by atoms with Gasteiger partial charge in [-0.15, -0.1) is 0 Å². The quantitative estimate of drug-likeness (QED) is 0.928. The molecule has 1 amide bonds. The Hall–Kier alpha value is -1.20. The molecule has 0 spiro atoms. The highest BCUT2D eigenvalue weighted by molar-refractivity contribution is 6.41. The van der Waals surface area contributed by atoms with Crippen molar-refractivity contribution in [1.29, 1.82) is 0 Å². The van der Waals surface area contributed by atoms with Gasteiger partial charge in [0.15, 0.2) is 0 Å². The molecule has 110 valence electrons. The van der Waals surface area contributed by atoms with Gasteiger partial charge < -0.3 is 14.6 Å². The summed E-state index contributed by atoms with van der Waals surface area (Å²) in [5.74, 6) is -0.656. The summed E-state index contributed by atoms with van der Waals surface area (Å²) >= 11 is 11.9. The Balaban J connectivity index is 2.01. The third-order valence-corrected chi connectivity index (χ3v) is 4.52. The van der Waals surface area contributed by atoms with E-state index in [1.165, 1.54) is 0 Å². The number of carbonyl (C=O) groups is 2. The van der Waals surface area contributed by atoms with E-state index >= 15 is 0 Å². The third kappa shape index (κ3) is 3.10. The van der Waals surface area contributed by atoms with E-state index in [4.69, 9.17) is 28.3 Å². The summed E-state index contributed by atoms with van der Waals surface area (Å²) in [6.45, 7) is 1.23. The number of rotatable bonds is 4. The van der Waals surface area contributed by atoms with Gasteiger partial charge in [-0.2, -0.15) is 0 Å². The third-order valence-electron chi connectivity index (χ3n) is 3.67. The van der Waals surface area contributed by atoms with Gasteiger partial charge in [-0.05, 0) is 24.8 Å². The number of aromatic nitrogens is 1. The van der Waals surface area contributed by atoms with Gasteiger partial charge in [-0.25, -0.2) is 0 Å². The summed E-state index contributed by atoms with van der Waals surface area (Å²) in [6.07, 6.45) is 1.59. The van der Waals surface area contributed by atoms with Crippen molar-refractivity contribution in [3.8, 4) is 0 Å². The number of likely N-dealkylation sites (tertiary alicyclic amines) is 1. The van der Waals surface area contributed by atoms with Crippen molar-refractivity contribution in [1.82, 2.24) is 9.47 Å². The molecule has 7 heteroatoms. The van der Waals surface area contributed by atoms with Crippen LogP contribution in [-0.4, -0.2) is 39.5 Å². The van der Waals surface area contributed by atoms with Gasteiger partial charge in [0.1, 0.15) is 10.8 Å². The van der Waals surface area contributed by atoms with Crippen molar-refractivity contribution >= 4 is 35.1 Å². The van der Waals surface area contributed by atoms with Crippen LogP contribution in [-0.2, 0) is 11.8 Å². The van der Waals surface area contributed by atoms with E-state index < -0.39 is 5.97 Å². The second kappa shape index (κ2) is 6.06. The minimum absolute atomic E-state index is 0.112. The Bertz CT molecular complexity index is 542. The topological polar surface area (TPSA) is 62.5 Å². The Morgan fingerprint density at radius 2 is 2.15 bits per heavy atom. The van der Waals surface area contributed by atoms with Crippen LogP contribution < -0.4 is 0 Å². The summed E-state index contributed by atoms with van der Waals surface area (Å²) in [5, 5.41) is 9.39. The second-order valence-electron chi connectivity index (χ2n) is 5.07. The van der Waals surface area contributed by atoms with Crippen LogP contribution in [0.4, 0.5) is 0 Å². The fourth-order valence-electron chi connectivity index (χ4n) is 2.49. The monoisotopic (exact) mass is 318 g/mol. The molecule has 1 aromatic rings. The highest BCUT2D eigenvalue weighted by Crippen LogP contribution is 2.28. The Labute approximate surface area is 127 Å². The maximum absolute atomic E-state index is 12.4. The predicted molar refractivity (Wildman–Crippen MR) is 76.3 cm³/mol. The predicted octanol–water partition coefficient (Wildman–Crippen LogP) is 2.66. The van der Waals surface area contributed by atoms with Crippen molar-refractivity contribution in [3.05, 3.63) is 21.9 Å². The molecule has 1 saturated heterocycles. The normalized spacial score (nSPS) is 18.6. The Morgan fingerprint density at radius 3 is 2.70 bits per heavy atom.